The first-order valence-corrected chi connectivity index (χ1v) is 19.5. The summed E-state index contributed by atoms with van der Waals surface area (Å²) in [5, 5.41) is 0. The average molecular weight is 922 g/mol. The molecule has 0 aliphatic rings. The van der Waals surface area contributed by atoms with Crippen molar-refractivity contribution in [3.63, 3.8) is 0 Å². The molecule has 0 saturated heterocycles. The van der Waals surface area contributed by atoms with Crippen LogP contribution >= 0.6 is 0 Å². The molecule has 0 amide bonds. The maximum Gasteiger partial charge on any atom is 0.398 e. The second-order valence-electron chi connectivity index (χ2n) is 9.79. The van der Waals surface area contributed by atoms with Crippen molar-refractivity contribution in [3.05, 3.63) is 0 Å². The Hall–Kier alpha value is -15.8. The second kappa shape index (κ2) is 57.2. The highest BCUT2D eigenvalue weighted by molar-refractivity contribution is 6.82. The summed E-state index contributed by atoms with van der Waals surface area (Å²) >= 11 is 0. The van der Waals surface area contributed by atoms with E-state index in [9.17, 15) is 0 Å². The van der Waals surface area contributed by atoms with E-state index in [0.29, 0.717) is 0 Å². The maximum atomic E-state index is 6.86. The molecular weight excluding hydrogens is 912 g/mol. The second-order valence-corrected chi connectivity index (χ2v) is 9.79. The van der Waals surface area contributed by atoms with Crippen LogP contribution in [0.5, 0.6) is 0 Å². The van der Waals surface area contributed by atoms with Crippen LogP contribution in [-0.2, 0) is 0 Å². The molecule has 1 heteroatoms. The molecule has 0 radical (unpaired) electrons. The summed E-state index contributed by atoms with van der Waals surface area (Å²) in [5.74, 6) is 182. The molecule has 0 nitrogen and oxygen atoms in total. The Morgan fingerprint density at radius 1 is 0.145 bits per heavy atom. The van der Waals surface area contributed by atoms with E-state index in [4.69, 9.17) is 1.37 Å². The molecule has 0 heterocycles. The number of hydrogen-bond acceptors (Lipinski definition) is 0. The van der Waals surface area contributed by atoms with E-state index >= 15 is 0 Å². The summed E-state index contributed by atoms with van der Waals surface area (Å²) in [6.45, 7) is 2.55. The third-order valence-corrected chi connectivity index (χ3v) is 4.93. The Morgan fingerprint density at radius 3 is 0.368 bits per heavy atom. The Bertz CT molecular complexity index is 4770. The van der Waals surface area contributed by atoms with Crippen molar-refractivity contribution in [3.8, 4) is 426 Å². The van der Waals surface area contributed by atoms with Crippen molar-refractivity contribution < 1.29 is 1.37 Å². The van der Waals surface area contributed by atoms with Crippen LogP contribution in [0.3, 0.4) is 0 Å². The van der Waals surface area contributed by atoms with Gasteiger partial charge < -0.3 is 0 Å². The van der Waals surface area contributed by atoms with Gasteiger partial charge >= 0.3 is 6.71 Å². The molecule has 0 aromatic heterocycles. The largest absolute Gasteiger partial charge is 0.398 e. The van der Waals surface area contributed by atoms with Gasteiger partial charge in [-0.2, -0.15) is 0 Å². The molecule has 0 N–H and O–H groups in total. The summed E-state index contributed by atoms with van der Waals surface area (Å²) in [5.41, 5.74) is 0. The van der Waals surface area contributed by atoms with Crippen molar-refractivity contribution >= 4 is 6.71 Å². The van der Waals surface area contributed by atoms with Gasteiger partial charge in [0.05, 0.1) is 0 Å². The van der Waals surface area contributed by atoms with Crippen molar-refractivity contribution in [2.24, 2.45) is 0 Å². The van der Waals surface area contributed by atoms with Gasteiger partial charge in [0.25, 0.3) is 0 Å². The molecule has 0 fully saturated rings. The lowest BCUT2D eigenvalue weighted by atomic mass is 9.52. The first-order valence-electron chi connectivity index (χ1n) is 20.2. The molecule has 0 aliphatic carbocycles. The fraction of sp³-hybridized carbons (Fsp3) is 0.0400. The smallest absolute Gasteiger partial charge is 0.106 e. The van der Waals surface area contributed by atoms with E-state index in [2.05, 4.69) is 426 Å². The van der Waals surface area contributed by atoms with Gasteiger partial charge in [-0.15, -0.1) is 17.5 Å². The van der Waals surface area contributed by atoms with Gasteiger partial charge in [-0.1, -0.05) is 17.8 Å². The Balaban J connectivity index is 5.87. The molecule has 0 unspecified atom stereocenters. The zero-order valence-corrected chi connectivity index (χ0v) is 39.3. The van der Waals surface area contributed by atoms with Crippen LogP contribution in [0, 0.1) is 426 Å². The minimum atomic E-state index is -0.794. The highest BCUT2D eigenvalue weighted by Gasteiger charge is 2.00. The van der Waals surface area contributed by atoms with Crippen molar-refractivity contribution in [1.29, 1.82) is 0 Å². The predicted molar refractivity (Wildman–Crippen MR) is 303 cm³/mol. The molecule has 0 saturated carbocycles. The summed E-state index contributed by atoms with van der Waals surface area (Å²) in [6.07, 6.45) is 0. The van der Waals surface area contributed by atoms with E-state index in [1.54, 1.807) is 13.8 Å². The van der Waals surface area contributed by atoms with Gasteiger partial charge in [-0.3, -0.25) is 0 Å². The molecule has 312 valence electrons. The third-order valence-electron chi connectivity index (χ3n) is 4.93. The molecule has 0 rings (SSSR count). The van der Waals surface area contributed by atoms with Gasteiger partial charge in [-0.05, 0) is 305 Å². The molecule has 0 aliphatic heterocycles. The quantitative estimate of drug-likeness (QED) is 0.254. The Kier molecular flexibility index (Phi) is 43.9. The topological polar surface area (TPSA) is 0 Å². The summed E-state index contributed by atoms with van der Waals surface area (Å²) in [4.78, 5) is 0. The van der Waals surface area contributed by atoms with Gasteiger partial charge in [0.15, 0.2) is 0 Å². The number of hydrogen-bond donors (Lipinski definition) is 0. The van der Waals surface area contributed by atoms with Crippen LogP contribution in [0.4, 0.5) is 0 Å². The van der Waals surface area contributed by atoms with Crippen LogP contribution in [-0.4, -0.2) is 6.71 Å². The van der Waals surface area contributed by atoms with E-state index < -0.39 is 6.71 Å². The maximum absolute atomic E-state index is 6.86. The van der Waals surface area contributed by atoms with Crippen molar-refractivity contribution in [2.75, 3.05) is 0 Å². The molecular formula is C75H9B. The Morgan fingerprint density at radius 2 is 0.250 bits per heavy atom. The zero-order valence-electron chi connectivity index (χ0n) is 40.3. The van der Waals surface area contributed by atoms with E-state index in [1.165, 1.54) is 0 Å². The van der Waals surface area contributed by atoms with Crippen LogP contribution in [0.15, 0.2) is 0 Å². The lowest BCUT2D eigenvalue weighted by molar-refractivity contribution is 1.92. The standard InChI is InChI=1S/C75H9B/c1-4-7-10-13-16-19-22-25-28-31-34-37-40-43-46-49-52-55-58-61-64-67-70-73-76(74-71-68-65-62-59-56-53-50-47-44-41-38-35-32-29-26-23-20-17-14-11-8-5-2)75-72-69-66-63-60-57-54-51-48-45-42-39-36-33-30-27-24-21-18-15-12-9-6-3/h1-3H3/i1D. The Labute approximate surface area is 452 Å². The highest BCUT2D eigenvalue weighted by atomic mass is 13.7. The van der Waals surface area contributed by atoms with Crippen LogP contribution < -0.4 is 0 Å². The molecule has 0 aromatic carbocycles. The lowest BCUT2D eigenvalue weighted by Crippen LogP contribution is -2.03. The van der Waals surface area contributed by atoms with E-state index in [0.717, 1.165) is 0 Å². The average Bonchev–Trinajstić information content (AvgIpc) is 3.44. The predicted octanol–water partition coefficient (Wildman–Crippen LogP) is 1.28. The van der Waals surface area contributed by atoms with E-state index in [1.807, 2.05) is 0 Å². The van der Waals surface area contributed by atoms with Gasteiger partial charge in [0, 0.05) is 108 Å². The summed E-state index contributed by atoms with van der Waals surface area (Å²) < 4.78 is 6.86. The summed E-state index contributed by atoms with van der Waals surface area (Å²) in [7, 11) is 0. The molecule has 0 atom stereocenters. The van der Waals surface area contributed by atoms with Crippen LogP contribution in [0.2, 0.25) is 0 Å². The van der Waals surface area contributed by atoms with Gasteiger partial charge in [0.2, 0.25) is 0 Å². The van der Waals surface area contributed by atoms with Crippen molar-refractivity contribution in [2.45, 2.75) is 20.7 Å². The number of rotatable bonds is 0. The fourth-order valence-corrected chi connectivity index (χ4v) is 2.48. The first-order chi connectivity index (χ1) is 38.3. The van der Waals surface area contributed by atoms with Crippen LogP contribution in [0.25, 0.3) is 0 Å². The molecule has 76 heavy (non-hydrogen) atoms. The first kappa shape index (κ1) is 58.2. The summed E-state index contributed by atoms with van der Waals surface area (Å²) in [6, 6.07) is 0. The fourth-order valence-electron chi connectivity index (χ4n) is 2.48. The van der Waals surface area contributed by atoms with E-state index in [-0.39, 0.29) is 6.90 Å². The SMILES string of the molecule is [2H]CC#CC#CC#CC#CC#CC#CC#CC#CC#CC#CC#CC#CB(C#CC#CC#CC#CC#CC#CC#CC#CC#CC#CC#CC#CC)C#CC#CC#CC#CC#CC#CC#CC#CC#CC#CC#CC#CC. The van der Waals surface area contributed by atoms with Gasteiger partial charge in [-0.25, -0.2) is 0 Å². The monoisotopic (exact) mass is 921 g/mol. The zero-order chi connectivity index (χ0) is 55.2. The van der Waals surface area contributed by atoms with Crippen molar-refractivity contribution in [1.82, 2.24) is 0 Å². The minimum Gasteiger partial charge on any atom is -0.106 e. The third kappa shape index (κ3) is 54.4. The lowest BCUT2D eigenvalue weighted by Gasteiger charge is -1.78. The molecule has 0 spiro atoms. The normalized spacial score (nSPS) is 4.32. The highest BCUT2D eigenvalue weighted by Crippen LogP contribution is 1.75. The minimum absolute atomic E-state index is 0.0167. The van der Waals surface area contributed by atoms with Crippen LogP contribution in [0.1, 0.15) is 22.1 Å². The molecule has 0 bridgehead atoms. The van der Waals surface area contributed by atoms with Gasteiger partial charge in [0.1, 0.15) is 0 Å². The molecule has 0 aromatic rings.